The molecule has 0 saturated heterocycles. The molecule has 0 amide bonds. The lowest BCUT2D eigenvalue weighted by Crippen LogP contribution is -2.17. The molecule has 2 N–H and O–H groups in total. The van der Waals surface area contributed by atoms with Crippen LogP contribution in [0.3, 0.4) is 0 Å². The van der Waals surface area contributed by atoms with E-state index in [0.29, 0.717) is 0 Å². The summed E-state index contributed by atoms with van der Waals surface area (Å²) in [5.74, 6) is 0. The van der Waals surface area contributed by atoms with E-state index in [9.17, 15) is 0 Å². The minimum absolute atomic E-state index is 0.119. The predicted octanol–water partition coefficient (Wildman–Crippen LogP) is 3.44. The van der Waals surface area contributed by atoms with E-state index in [4.69, 9.17) is 17.3 Å². The zero-order valence-electron chi connectivity index (χ0n) is 7.19. The van der Waals surface area contributed by atoms with Crippen LogP contribution in [0.15, 0.2) is 16.6 Å². The molecule has 0 unspecified atom stereocenters. The monoisotopic (exact) mass is 259 g/mol. The van der Waals surface area contributed by atoms with Crippen molar-refractivity contribution in [1.82, 2.24) is 0 Å². The third-order valence-corrected chi connectivity index (χ3v) is 3.85. The normalized spacial score (nSPS) is 21.3. The van der Waals surface area contributed by atoms with E-state index in [2.05, 4.69) is 22.0 Å². The summed E-state index contributed by atoms with van der Waals surface area (Å²) in [7, 11) is 0. The zero-order chi connectivity index (χ0) is 9.42. The van der Waals surface area contributed by atoms with Crippen molar-refractivity contribution in [3.63, 3.8) is 0 Å². The molecular formula is C10H11BrClN. The molecule has 1 nitrogen and oxygen atoms in total. The van der Waals surface area contributed by atoms with Gasteiger partial charge in [0.05, 0.1) is 5.02 Å². The van der Waals surface area contributed by atoms with Gasteiger partial charge in [-0.15, -0.1) is 0 Å². The van der Waals surface area contributed by atoms with Gasteiger partial charge in [0.15, 0.2) is 0 Å². The maximum absolute atomic E-state index is 6.18. The fraction of sp³-hybridized carbons (Fsp3) is 0.400. The van der Waals surface area contributed by atoms with E-state index < -0.39 is 0 Å². The molecule has 1 aliphatic rings. The second-order valence-corrected chi connectivity index (χ2v) is 4.67. The number of hydrogen-bond acceptors (Lipinski definition) is 1. The van der Waals surface area contributed by atoms with Crippen molar-refractivity contribution in [3.05, 3.63) is 32.8 Å². The van der Waals surface area contributed by atoms with Crippen LogP contribution in [-0.2, 0) is 6.42 Å². The summed E-state index contributed by atoms with van der Waals surface area (Å²) in [4.78, 5) is 0. The van der Waals surface area contributed by atoms with E-state index in [1.165, 1.54) is 12.0 Å². The number of halogens is 2. The van der Waals surface area contributed by atoms with Crippen LogP contribution in [0, 0.1) is 0 Å². The summed E-state index contributed by atoms with van der Waals surface area (Å²) in [5.41, 5.74) is 8.46. The Balaban J connectivity index is 2.58. The predicted molar refractivity (Wildman–Crippen MR) is 59.0 cm³/mol. The average Bonchev–Trinajstić information content (AvgIpc) is 2.12. The summed E-state index contributed by atoms with van der Waals surface area (Å²) in [6.45, 7) is 0. The lowest BCUT2D eigenvalue weighted by atomic mass is 9.88. The van der Waals surface area contributed by atoms with Crippen LogP contribution in [0.25, 0.3) is 0 Å². The second-order valence-electron chi connectivity index (χ2n) is 3.43. The Bertz CT molecular complexity index is 338. The van der Waals surface area contributed by atoms with Gasteiger partial charge in [0.25, 0.3) is 0 Å². The molecule has 0 aromatic heterocycles. The van der Waals surface area contributed by atoms with Gasteiger partial charge >= 0.3 is 0 Å². The second kappa shape index (κ2) is 3.60. The van der Waals surface area contributed by atoms with Gasteiger partial charge in [-0.25, -0.2) is 0 Å². The standard InChI is InChI=1S/C10H11BrClN/c11-7-5-4-6-2-1-3-8(13)9(6)10(7)12/h4-5,8H,1-3,13H2/t8-/m1/s1. The minimum Gasteiger partial charge on any atom is -0.324 e. The maximum Gasteiger partial charge on any atom is 0.0598 e. The third kappa shape index (κ3) is 1.63. The molecule has 3 heteroatoms. The Morgan fingerprint density at radius 1 is 1.46 bits per heavy atom. The molecule has 1 aliphatic carbocycles. The Hall–Kier alpha value is -0.0500. The van der Waals surface area contributed by atoms with E-state index in [1.807, 2.05) is 6.07 Å². The van der Waals surface area contributed by atoms with Gasteiger partial charge in [-0.2, -0.15) is 0 Å². The van der Waals surface area contributed by atoms with Gasteiger partial charge in [-0.1, -0.05) is 17.7 Å². The molecule has 13 heavy (non-hydrogen) atoms. The Morgan fingerprint density at radius 3 is 3.00 bits per heavy atom. The summed E-state index contributed by atoms with van der Waals surface area (Å²) in [6.07, 6.45) is 3.32. The van der Waals surface area contributed by atoms with Gasteiger partial charge in [-0.3, -0.25) is 0 Å². The fourth-order valence-electron chi connectivity index (χ4n) is 1.88. The van der Waals surface area contributed by atoms with Crippen molar-refractivity contribution in [2.75, 3.05) is 0 Å². The Kier molecular flexibility index (Phi) is 2.63. The lowest BCUT2D eigenvalue weighted by Gasteiger charge is -2.23. The van der Waals surface area contributed by atoms with Gasteiger partial charge in [0, 0.05) is 10.5 Å². The summed E-state index contributed by atoms with van der Waals surface area (Å²) < 4.78 is 0.949. The van der Waals surface area contributed by atoms with Crippen molar-refractivity contribution < 1.29 is 0 Å². The summed E-state index contributed by atoms with van der Waals surface area (Å²) in [5, 5.41) is 0.796. The number of aryl methyl sites for hydroxylation is 1. The number of nitrogens with two attached hydrogens (primary N) is 1. The quantitative estimate of drug-likeness (QED) is 0.760. The van der Waals surface area contributed by atoms with E-state index in [0.717, 1.165) is 27.9 Å². The van der Waals surface area contributed by atoms with Crippen molar-refractivity contribution in [3.8, 4) is 0 Å². The van der Waals surface area contributed by atoms with E-state index in [-0.39, 0.29) is 6.04 Å². The van der Waals surface area contributed by atoms with Gasteiger partial charge in [0.1, 0.15) is 0 Å². The Labute approximate surface area is 91.4 Å². The van der Waals surface area contributed by atoms with Crippen LogP contribution >= 0.6 is 27.5 Å². The van der Waals surface area contributed by atoms with Crippen LogP contribution in [0.1, 0.15) is 30.0 Å². The molecule has 0 bridgehead atoms. The molecule has 0 fully saturated rings. The fourth-order valence-corrected chi connectivity index (χ4v) is 2.55. The van der Waals surface area contributed by atoms with Gasteiger partial charge in [-0.05, 0) is 52.4 Å². The van der Waals surface area contributed by atoms with Crippen molar-refractivity contribution >= 4 is 27.5 Å². The van der Waals surface area contributed by atoms with Crippen LogP contribution in [0.5, 0.6) is 0 Å². The van der Waals surface area contributed by atoms with Crippen molar-refractivity contribution in [1.29, 1.82) is 0 Å². The van der Waals surface area contributed by atoms with Gasteiger partial charge < -0.3 is 5.73 Å². The number of benzene rings is 1. The molecule has 2 rings (SSSR count). The molecule has 1 aromatic carbocycles. The molecule has 0 radical (unpaired) electrons. The SMILES string of the molecule is N[C@@H]1CCCc2ccc(Br)c(Cl)c21. The first-order chi connectivity index (χ1) is 6.20. The molecule has 1 atom stereocenters. The summed E-state index contributed by atoms with van der Waals surface area (Å²) in [6, 6.07) is 4.23. The van der Waals surface area contributed by atoms with E-state index >= 15 is 0 Å². The lowest BCUT2D eigenvalue weighted by molar-refractivity contribution is 0.570. The molecule has 0 aliphatic heterocycles. The van der Waals surface area contributed by atoms with Crippen LogP contribution in [0.2, 0.25) is 5.02 Å². The number of fused-ring (bicyclic) bond motifs is 1. The van der Waals surface area contributed by atoms with Crippen molar-refractivity contribution in [2.45, 2.75) is 25.3 Å². The Morgan fingerprint density at radius 2 is 2.23 bits per heavy atom. The van der Waals surface area contributed by atoms with E-state index in [1.54, 1.807) is 0 Å². The van der Waals surface area contributed by atoms with Crippen LogP contribution in [-0.4, -0.2) is 0 Å². The highest BCUT2D eigenvalue weighted by Crippen LogP contribution is 2.37. The summed E-state index contributed by atoms with van der Waals surface area (Å²) >= 11 is 9.59. The smallest absolute Gasteiger partial charge is 0.0598 e. The zero-order valence-corrected chi connectivity index (χ0v) is 9.53. The maximum atomic E-state index is 6.18. The molecule has 70 valence electrons. The molecule has 0 spiro atoms. The average molecular weight is 261 g/mol. The highest BCUT2D eigenvalue weighted by Gasteiger charge is 2.20. The number of rotatable bonds is 0. The topological polar surface area (TPSA) is 26.0 Å². The van der Waals surface area contributed by atoms with Crippen molar-refractivity contribution in [2.24, 2.45) is 5.73 Å². The van der Waals surface area contributed by atoms with Crippen LogP contribution in [0.4, 0.5) is 0 Å². The van der Waals surface area contributed by atoms with Crippen LogP contribution < -0.4 is 5.73 Å². The first-order valence-electron chi connectivity index (χ1n) is 4.42. The largest absolute Gasteiger partial charge is 0.324 e. The number of hydrogen-bond donors (Lipinski definition) is 1. The first-order valence-corrected chi connectivity index (χ1v) is 5.59. The minimum atomic E-state index is 0.119. The molecule has 1 aromatic rings. The molecule has 0 saturated carbocycles. The first kappa shape index (κ1) is 9.50. The highest BCUT2D eigenvalue weighted by atomic mass is 79.9. The molecule has 0 heterocycles. The molecular weight excluding hydrogens is 249 g/mol. The van der Waals surface area contributed by atoms with Gasteiger partial charge in [0.2, 0.25) is 0 Å². The third-order valence-electron chi connectivity index (χ3n) is 2.55. The highest BCUT2D eigenvalue weighted by molar-refractivity contribution is 9.10.